The molecule has 0 amide bonds. The second-order valence-electron chi connectivity index (χ2n) is 5.08. The van der Waals surface area contributed by atoms with Gasteiger partial charge in [-0.3, -0.25) is 0 Å². The molecule has 0 aliphatic rings. The van der Waals surface area contributed by atoms with Crippen LogP contribution in [0.25, 0.3) is 33.0 Å². The summed E-state index contributed by atoms with van der Waals surface area (Å²) in [5, 5.41) is 1.65. The van der Waals surface area contributed by atoms with Crippen LogP contribution in [0.1, 0.15) is 0 Å². The second kappa shape index (κ2) is 5.14. The summed E-state index contributed by atoms with van der Waals surface area (Å²) < 4.78 is 10.5. The monoisotopic (exact) mass is 305 g/mol. The molecule has 2 aromatic heterocycles. The zero-order valence-electron chi connectivity index (χ0n) is 11.9. The lowest BCUT2D eigenvalue weighted by atomic mass is 10.2. The number of benzene rings is 2. The highest BCUT2D eigenvalue weighted by atomic mass is 16.4. The third-order valence-corrected chi connectivity index (χ3v) is 3.59. The number of nitrogens with one attached hydrogen (secondary N) is 1. The Morgan fingerprint density at radius 3 is 2.35 bits per heavy atom. The SMILES string of the molecule is O=c1ccc(=O)oc2c(ccc3[nH]c4ccccc4ccc32)o1. The highest BCUT2D eigenvalue weighted by Crippen LogP contribution is 2.23. The number of hydrogen-bond donors (Lipinski definition) is 1. The van der Waals surface area contributed by atoms with Crippen molar-refractivity contribution < 1.29 is 8.83 Å². The molecule has 23 heavy (non-hydrogen) atoms. The molecule has 0 saturated heterocycles. The van der Waals surface area contributed by atoms with E-state index >= 15 is 0 Å². The van der Waals surface area contributed by atoms with Crippen molar-refractivity contribution in [2.75, 3.05) is 0 Å². The summed E-state index contributed by atoms with van der Waals surface area (Å²) in [4.78, 5) is 26.7. The molecular formula is C18H11NO4. The summed E-state index contributed by atoms with van der Waals surface area (Å²) in [6.07, 6.45) is 0. The van der Waals surface area contributed by atoms with Gasteiger partial charge in [-0.2, -0.15) is 0 Å². The van der Waals surface area contributed by atoms with Gasteiger partial charge in [0.15, 0.2) is 11.2 Å². The van der Waals surface area contributed by atoms with Gasteiger partial charge in [0.05, 0.1) is 0 Å². The predicted molar refractivity (Wildman–Crippen MR) is 88.0 cm³/mol. The molecule has 2 aromatic carbocycles. The molecule has 4 aromatic rings. The van der Waals surface area contributed by atoms with E-state index in [1.807, 2.05) is 36.4 Å². The van der Waals surface area contributed by atoms with Crippen molar-refractivity contribution in [2.24, 2.45) is 0 Å². The molecule has 0 saturated carbocycles. The largest absolute Gasteiger partial charge is 0.419 e. The maximum atomic E-state index is 11.8. The summed E-state index contributed by atoms with van der Waals surface area (Å²) >= 11 is 0. The third-order valence-electron chi connectivity index (χ3n) is 3.59. The van der Waals surface area contributed by atoms with Crippen molar-refractivity contribution in [1.29, 1.82) is 0 Å². The average molecular weight is 305 g/mol. The van der Waals surface area contributed by atoms with E-state index in [9.17, 15) is 9.59 Å². The molecule has 0 aliphatic carbocycles. The Balaban J connectivity index is 2.29. The van der Waals surface area contributed by atoms with Crippen LogP contribution < -0.4 is 11.3 Å². The van der Waals surface area contributed by atoms with Gasteiger partial charge < -0.3 is 13.8 Å². The van der Waals surface area contributed by atoms with E-state index in [1.165, 1.54) is 0 Å². The molecule has 5 heteroatoms. The van der Waals surface area contributed by atoms with Crippen LogP contribution in [-0.2, 0) is 0 Å². The Labute approximate surface area is 129 Å². The minimum absolute atomic E-state index is 0.212. The highest BCUT2D eigenvalue weighted by Gasteiger charge is 2.05. The van der Waals surface area contributed by atoms with Crippen LogP contribution in [0.3, 0.4) is 0 Å². The molecule has 5 nitrogen and oxygen atoms in total. The van der Waals surface area contributed by atoms with Crippen molar-refractivity contribution in [1.82, 2.24) is 4.98 Å². The van der Waals surface area contributed by atoms with Crippen LogP contribution in [0.15, 0.2) is 79.1 Å². The summed E-state index contributed by atoms with van der Waals surface area (Å²) in [5.74, 6) is 0. The quantitative estimate of drug-likeness (QED) is 0.539. The molecular weight excluding hydrogens is 294 g/mol. The van der Waals surface area contributed by atoms with Crippen LogP contribution in [0.5, 0.6) is 0 Å². The molecule has 0 atom stereocenters. The van der Waals surface area contributed by atoms with Crippen molar-refractivity contribution >= 4 is 33.0 Å². The fourth-order valence-corrected chi connectivity index (χ4v) is 2.53. The Bertz CT molecular complexity index is 1210. The average Bonchev–Trinajstić information content (AvgIpc) is 2.73. The van der Waals surface area contributed by atoms with Gasteiger partial charge in [-0.05, 0) is 29.7 Å². The molecule has 0 radical (unpaired) electrons. The second-order valence-corrected chi connectivity index (χ2v) is 5.08. The van der Waals surface area contributed by atoms with Crippen molar-refractivity contribution in [3.8, 4) is 0 Å². The summed E-state index contributed by atoms with van der Waals surface area (Å²) in [6.45, 7) is 0. The Morgan fingerprint density at radius 2 is 1.48 bits per heavy atom. The lowest BCUT2D eigenvalue weighted by molar-refractivity contribution is 0.521. The topological polar surface area (TPSA) is 76.2 Å². The number of fused-ring (bicyclic) bond motifs is 4. The maximum absolute atomic E-state index is 11.8. The van der Waals surface area contributed by atoms with E-state index in [0.717, 1.165) is 28.6 Å². The molecule has 112 valence electrons. The van der Waals surface area contributed by atoms with Gasteiger partial charge in [0.25, 0.3) is 0 Å². The predicted octanol–water partition coefficient (Wildman–Crippen LogP) is 3.51. The normalized spacial score (nSPS) is 11.0. The number of rotatable bonds is 0. The summed E-state index contributed by atoms with van der Waals surface area (Å²) in [5.41, 5.74) is 0.906. The van der Waals surface area contributed by atoms with Crippen LogP contribution >= 0.6 is 0 Å². The summed E-state index contributed by atoms with van der Waals surface area (Å²) in [6, 6.07) is 17.0. The van der Waals surface area contributed by atoms with Gasteiger partial charge in [-0.1, -0.05) is 24.3 Å². The van der Waals surface area contributed by atoms with Crippen LogP contribution in [0.4, 0.5) is 0 Å². The van der Waals surface area contributed by atoms with Crippen molar-refractivity contribution in [3.05, 3.63) is 81.5 Å². The fourth-order valence-electron chi connectivity index (χ4n) is 2.53. The summed E-state index contributed by atoms with van der Waals surface area (Å²) in [7, 11) is 0. The standard InChI is InChI=1S/C18H11NO4/c20-16-9-10-17(21)23-18-12-6-5-11-3-1-2-4-13(11)19-14(12)7-8-15(18)22-16/h1-10,19H. The highest BCUT2D eigenvalue weighted by molar-refractivity contribution is 6.01. The first-order valence-electron chi connectivity index (χ1n) is 7.03. The first kappa shape index (κ1) is 13.3. The third kappa shape index (κ3) is 2.38. The fraction of sp³-hybridized carbons (Fsp3) is 0. The molecule has 0 aliphatic heterocycles. The molecule has 1 N–H and O–H groups in total. The van der Waals surface area contributed by atoms with E-state index in [4.69, 9.17) is 8.83 Å². The van der Waals surface area contributed by atoms with Gasteiger partial charge in [0.1, 0.15) is 0 Å². The lowest BCUT2D eigenvalue weighted by Crippen LogP contribution is -1.99. The van der Waals surface area contributed by atoms with Crippen LogP contribution in [-0.4, -0.2) is 4.98 Å². The molecule has 4 rings (SSSR count). The number of aromatic nitrogens is 1. The van der Waals surface area contributed by atoms with Crippen LogP contribution in [0, 0.1) is 0 Å². The number of hydrogen-bond acceptors (Lipinski definition) is 4. The van der Waals surface area contributed by atoms with Gasteiger partial charge in [0, 0.05) is 28.6 Å². The number of para-hydroxylation sites is 1. The minimum Gasteiger partial charge on any atom is -0.419 e. The van der Waals surface area contributed by atoms with Gasteiger partial charge in [0.2, 0.25) is 0 Å². The van der Waals surface area contributed by atoms with E-state index in [2.05, 4.69) is 4.98 Å². The molecule has 0 fully saturated rings. The van der Waals surface area contributed by atoms with Gasteiger partial charge in [-0.15, -0.1) is 0 Å². The van der Waals surface area contributed by atoms with Crippen molar-refractivity contribution in [3.63, 3.8) is 0 Å². The Hall–Kier alpha value is -3.34. The zero-order valence-corrected chi connectivity index (χ0v) is 11.9. The molecule has 0 unspecified atom stereocenters. The number of aromatic amines is 1. The Morgan fingerprint density at radius 1 is 0.696 bits per heavy atom. The van der Waals surface area contributed by atoms with E-state index in [1.54, 1.807) is 12.1 Å². The smallest absolute Gasteiger partial charge is 0.336 e. The van der Waals surface area contributed by atoms with Gasteiger partial charge >= 0.3 is 11.3 Å². The molecule has 2 heterocycles. The van der Waals surface area contributed by atoms with E-state index < -0.39 is 11.3 Å². The van der Waals surface area contributed by atoms with Gasteiger partial charge in [-0.25, -0.2) is 9.59 Å². The first-order chi connectivity index (χ1) is 11.2. The molecule has 0 bridgehead atoms. The van der Waals surface area contributed by atoms with Crippen molar-refractivity contribution in [2.45, 2.75) is 0 Å². The lowest BCUT2D eigenvalue weighted by Gasteiger charge is -1.97. The Kier molecular flexibility index (Phi) is 2.98. The van der Waals surface area contributed by atoms with Crippen LogP contribution in [0.2, 0.25) is 0 Å². The maximum Gasteiger partial charge on any atom is 0.336 e. The zero-order chi connectivity index (χ0) is 15.8. The van der Waals surface area contributed by atoms with E-state index in [-0.39, 0.29) is 11.2 Å². The molecule has 0 spiro atoms. The number of H-pyrrole nitrogens is 1. The minimum atomic E-state index is -0.619. The first-order valence-corrected chi connectivity index (χ1v) is 7.03. The van der Waals surface area contributed by atoms with E-state index in [0.29, 0.717) is 5.39 Å².